The molecule has 1 N–H and O–H groups in total. The van der Waals surface area contributed by atoms with Crippen LogP contribution in [-0.4, -0.2) is 50.5 Å². The molecule has 1 atom stereocenters. The Morgan fingerprint density at radius 3 is 2.21 bits per heavy atom. The fourth-order valence-corrected chi connectivity index (χ4v) is 5.03. The molecule has 0 spiro atoms. The van der Waals surface area contributed by atoms with Crippen LogP contribution < -0.4 is 9.62 Å². The van der Waals surface area contributed by atoms with Crippen LogP contribution in [0.15, 0.2) is 78.9 Å². The van der Waals surface area contributed by atoms with E-state index in [9.17, 15) is 22.4 Å². The standard InChI is InChI=1S/C29H33ClFN3O4S/c1-21(2)18-32-29(36)27(16-22-8-5-4-6-9-22)33(19-23-12-14-25(31)15-13-23)28(35)20-34(39(3,37)38)26-11-7-10-24(30)17-26/h4-15,17,21,27H,16,18-20H2,1-3H3,(H,32,36)/t27-/m0/s1. The fraction of sp³-hybridized carbons (Fsp3) is 0.310. The first-order chi connectivity index (χ1) is 18.4. The monoisotopic (exact) mass is 573 g/mol. The van der Waals surface area contributed by atoms with Gasteiger partial charge in [-0.05, 0) is 47.4 Å². The summed E-state index contributed by atoms with van der Waals surface area (Å²) in [6.45, 7) is 3.74. The van der Waals surface area contributed by atoms with Crippen LogP contribution in [0.1, 0.15) is 25.0 Å². The molecule has 0 aliphatic carbocycles. The van der Waals surface area contributed by atoms with Gasteiger partial charge in [0.2, 0.25) is 21.8 Å². The Morgan fingerprint density at radius 1 is 0.949 bits per heavy atom. The molecule has 0 unspecified atom stereocenters. The molecule has 0 heterocycles. The molecular formula is C29H33ClFN3O4S. The average molecular weight is 574 g/mol. The Morgan fingerprint density at radius 2 is 1.62 bits per heavy atom. The van der Waals surface area contributed by atoms with Crippen molar-refractivity contribution in [2.45, 2.75) is 32.9 Å². The Kier molecular flexibility index (Phi) is 10.5. The maximum atomic E-state index is 13.9. The number of carbonyl (C=O) groups excluding carboxylic acids is 2. The van der Waals surface area contributed by atoms with Crippen LogP contribution in [0.25, 0.3) is 0 Å². The molecule has 208 valence electrons. The van der Waals surface area contributed by atoms with Crippen LogP contribution in [0.5, 0.6) is 0 Å². The summed E-state index contributed by atoms with van der Waals surface area (Å²) in [6, 6.07) is 20.1. The van der Waals surface area contributed by atoms with Crippen molar-refractivity contribution in [3.05, 3.63) is 101 Å². The van der Waals surface area contributed by atoms with Crippen molar-refractivity contribution < 1.29 is 22.4 Å². The number of hydrogen-bond donors (Lipinski definition) is 1. The molecule has 3 aromatic carbocycles. The minimum absolute atomic E-state index is 0.0289. The van der Waals surface area contributed by atoms with Gasteiger partial charge in [-0.15, -0.1) is 0 Å². The van der Waals surface area contributed by atoms with E-state index in [0.29, 0.717) is 17.1 Å². The van der Waals surface area contributed by atoms with E-state index in [1.165, 1.54) is 35.2 Å². The summed E-state index contributed by atoms with van der Waals surface area (Å²) in [5, 5.41) is 3.23. The number of nitrogens with one attached hydrogen (secondary N) is 1. The zero-order valence-corrected chi connectivity index (χ0v) is 23.8. The van der Waals surface area contributed by atoms with Crippen LogP contribution >= 0.6 is 11.6 Å². The van der Waals surface area contributed by atoms with Gasteiger partial charge in [0.25, 0.3) is 0 Å². The van der Waals surface area contributed by atoms with E-state index in [-0.39, 0.29) is 30.5 Å². The summed E-state index contributed by atoms with van der Waals surface area (Å²) >= 11 is 6.10. The number of anilines is 1. The van der Waals surface area contributed by atoms with E-state index >= 15 is 0 Å². The van der Waals surface area contributed by atoms with Gasteiger partial charge >= 0.3 is 0 Å². The molecule has 2 amide bonds. The van der Waals surface area contributed by atoms with Gasteiger partial charge in [-0.2, -0.15) is 0 Å². The van der Waals surface area contributed by atoms with Gasteiger partial charge in [0, 0.05) is 24.5 Å². The number of benzene rings is 3. The van der Waals surface area contributed by atoms with Crippen LogP contribution in [0.3, 0.4) is 0 Å². The molecule has 0 saturated carbocycles. The molecule has 3 aromatic rings. The third kappa shape index (κ3) is 9.07. The first-order valence-electron chi connectivity index (χ1n) is 12.5. The van der Waals surface area contributed by atoms with Crippen molar-refractivity contribution in [3.8, 4) is 0 Å². The SMILES string of the molecule is CC(C)CNC(=O)[C@H](Cc1ccccc1)N(Cc1ccc(F)cc1)C(=O)CN(c1cccc(Cl)c1)S(C)(=O)=O. The molecule has 0 radical (unpaired) electrons. The second-order valence-corrected chi connectivity index (χ2v) is 12.1. The molecule has 3 rings (SSSR count). The number of halogens is 2. The minimum Gasteiger partial charge on any atom is -0.354 e. The Hall–Kier alpha value is -3.43. The summed E-state index contributed by atoms with van der Waals surface area (Å²) in [4.78, 5) is 28.8. The quantitative estimate of drug-likeness (QED) is 0.341. The van der Waals surface area contributed by atoms with Gasteiger partial charge in [-0.1, -0.05) is 74.0 Å². The maximum absolute atomic E-state index is 13.9. The number of sulfonamides is 1. The predicted octanol–water partition coefficient (Wildman–Crippen LogP) is 4.66. The minimum atomic E-state index is -3.89. The lowest BCUT2D eigenvalue weighted by molar-refractivity contribution is -0.140. The summed E-state index contributed by atoms with van der Waals surface area (Å²) in [6.07, 6.45) is 1.20. The van der Waals surface area contributed by atoms with Crippen LogP contribution in [-0.2, 0) is 32.6 Å². The van der Waals surface area contributed by atoms with Crippen molar-refractivity contribution in [1.82, 2.24) is 10.2 Å². The van der Waals surface area contributed by atoms with Gasteiger partial charge in [-0.25, -0.2) is 12.8 Å². The molecule has 0 aromatic heterocycles. The Bertz CT molecular complexity index is 1370. The molecule has 0 saturated heterocycles. The van der Waals surface area contributed by atoms with E-state index in [4.69, 9.17) is 11.6 Å². The lowest BCUT2D eigenvalue weighted by Crippen LogP contribution is -2.53. The van der Waals surface area contributed by atoms with E-state index < -0.39 is 34.3 Å². The molecule has 10 heteroatoms. The van der Waals surface area contributed by atoms with Crippen molar-refractivity contribution >= 4 is 39.1 Å². The van der Waals surface area contributed by atoms with Crippen molar-refractivity contribution in [2.75, 3.05) is 23.7 Å². The highest BCUT2D eigenvalue weighted by Crippen LogP contribution is 2.23. The largest absolute Gasteiger partial charge is 0.354 e. The zero-order valence-electron chi connectivity index (χ0n) is 22.2. The first kappa shape index (κ1) is 30.1. The first-order valence-corrected chi connectivity index (χ1v) is 14.8. The highest BCUT2D eigenvalue weighted by Gasteiger charge is 2.33. The molecule has 7 nitrogen and oxygen atoms in total. The lowest BCUT2D eigenvalue weighted by Gasteiger charge is -2.33. The number of hydrogen-bond acceptors (Lipinski definition) is 4. The molecule has 0 bridgehead atoms. The number of amides is 2. The van der Waals surface area contributed by atoms with Crippen LogP contribution in [0, 0.1) is 11.7 Å². The van der Waals surface area contributed by atoms with E-state index in [2.05, 4.69) is 5.32 Å². The topological polar surface area (TPSA) is 86.8 Å². The van der Waals surface area contributed by atoms with E-state index in [1.54, 1.807) is 18.2 Å². The summed E-state index contributed by atoms with van der Waals surface area (Å²) in [7, 11) is -3.89. The highest BCUT2D eigenvalue weighted by molar-refractivity contribution is 7.92. The van der Waals surface area contributed by atoms with E-state index in [1.807, 2.05) is 44.2 Å². The predicted molar refractivity (Wildman–Crippen MR) is 152 cm³/mol. The second kappa shape index (κ2) is 13.6. The normalized spacial score (nSPS) is 12.2. The Balaban J connectivity index is 2.04. The number of nitrogens with zero attached hydrogens (tertiary/aromatic N) is 2. The summed E-state index contributed by atoms with van der Waals surface area (Å²) in [5.74, 6) is -1.21. The molecule has 0 fully saturated rings. The maximum Gasteiger partial charge on any atom is 0.244 e. The van der Waals surface area contributed by atoms with Crippen molar-refractivity contribution in [2.24, 2.45) is 5.92 Å². The average Bonchev–Trinajstić information content (AvgIpc) is 2.88. The van der Waals surface area contributed by atoms with Gasteiger partial charge in [0.1, 0.15) is 18.4 Å². The smallest absolute Gasteiger partial charge is 0.244 e. The third-order valence-corrected chi connectivity index (χ3v) is 7.37. The lowest BCUT2D eigenvalue weighted by atomic mass is 10.0. The molecule has 0 aliphatic heterocycles. The molecule has 39 heavy (non-hydrogen) atoms. The second-order valence-electron chi connectivity index (χ2n) is 9.74. The Labute approximate surface area is 234 Å². The van der Waals surface area contributed by atoms with Gasteiger partial charge in [0.15, 0.2) is 0 Å². The van der Waals surface area contributed by atoms with Gasteiger partial charge < -0.3 is 10.2 Å². The molecular weight excluding hydrogens is 541 g/mol. The van der Waals surface area contributed by atoms with Crippen molar-refractivity contribution in [3.63, 3.8) is 0 Å². The summed E-state index contributed by atoms with van der Waals surface area (Å²) in [5.41, 5.74) is 1.64. The van der Waals surface area contributed by atoms with Crippen LogP contribution in [0.4, 0.5) is 10.1 Å². The van der Waals surface area contributed by atoms with Crippen molar-refractivity contribution in [1.29, 1.82) is 0 Å². The fourth-order valence-electron chi connectivity index (χ4n) is 4.01. The number of carbonyl (C=O) groups is 2. The van der Waals surface area contributed by atoms with Gasteiger partial charge in [-0.3, -0.25) is 13.9 Å². The zero-order chi connectivity index (χ0) is 28.6. The summed E-state index contributed by atoms with van der Waals surface area (Å²) < 4.78 is 40.1. The number of rotatable bonds is 12. The highest BCUT2D eigenvalue weighted by atomic mass is 35.5. The van der Waals surface area contributed by atoms with Gasteiger partial charge in [0.05, 0.1) is 11.9 Å². The van der Waals surface area contributed by atoms with E-state index in [0.717, 1.165) is 16.1 Å². The molecule has 0 aliphatic rings. The third-order valence-electron chi connectivity index (χ3n) is 6.00. The van der Waals surface area contributed by atoms with Crippen LogP contribution in [0.2, 0.25) is 5.02 Å².